The van der Waals surface area contributed by atoms with E-state index in [-0.39, 0.29) is 0 Å². The third-order valence-corrected chi connectivity index (χ3v) is 2.80. The predicted molar refractivity (Wildman–Crippen MR) is 52.2 cm³/mol. The molecule has 0 spiro atoms. The van der Waals surface area contributed by atoms with Crippen LogP contribution in [0, 0.1) is 6.92 Å². The van der Waals surface area contributed by atoms with Crippen LogP contribution in [0.2, 0.25) is 0 Å². The standard InChI is InChI=1S/C7H8ClN3S/c1-5-2-7(10-9-5)11-3-6(8)12-4-11/h2-3H,4H2,1H3,(H,9,10). The highest BCUT2D eigenvalue weighted by Gasteiger charge is 2.14. The molecular formula is C7H8ClN3S. The van der Waals surface area contributed by atoms with Crippen molar-refractivity contribution in [1.82, 2.24) is 10.2 Å². The number of H-pyrrole nitrogens is 1. The second-order valence-electron chi connectivity index (χ2n) is 2.59. The quantitative estimate of drug-likeness (QED) is 0.757. The minimum absolute atomic E-state index is 0.815. The van der Waals surface area contributed by atoms with Crippen molar-refractivity contribution in [3.8, 4) is 0 Å². The summed E-state index contributed by atoms with van der Waals surface area (Å²) in [4.78, 5) is 2.01. The molecule has 1 aliphatic heterocycles. The molecule has 1 aromatic rings. The molecule has 1 aliphatic rings. The maximum Gasteiger partial charge on any atom is 0.155 e. The van der Waals surface area contributed by atoms with Crippen LogP contribution in [0.15, 0.2) is 16.6 Å². The van der Waals surface area contributed by atoms with E-state index in [1.165, 1.54) is 0 Å². The first kappa shape index (κ1) is 8.01. The van der Waals surface area contributed by atoms with E-state index in [1.807, 2.05) is 24.1 Å². The minimum Gasteiger partial charge on any atom is -0.319 e. The highest BCUT2D eigenvalue weighted by atomic mass is 35.5. The molecule has 1 aromatic heterocycles. The number of thioether (sulfide) groups is 1. The number of aromatic amines is 1. The van der Waals surface area contributed by atoms with Crippen molar-refractivity contribution < 1.29 is 0 Å². The third kappa shape index (κ3) is 1.44. The van der Waals surface area contributed by atoms with Crippen molar-refractivity contribution in [2.75, 3.05) is 10.8 Å². The first-order valence-electron chi connectivity index (χ1n) is 3.54. The van der Waals surface area contributed by atoms with Crippen molar-refractivity contribution in [3.63, 3.8) is 0 Å². The summed E-state index contributed by atoms with van der Waals surface area (Å²) >= 11 is 7.42. The van der Waals surface area contributed by atoms with Crippen LogP contribution in [-0.4, -0.2) is 16.1 Å². The molecular weight excluding hydrogens is 194 g/mol. The zero-order valence-electron chi connectivity index (χ0n) is 6.54. The fourth-order valence-electron chi connectivity index (χ4n) is 1.01. The number of rotatable bonds is 1. The van der Waals surface area contributed by atoms with E-state index in [4.69, 9.17) is 11.6 Å². The summed E-state index contributed by atoms with van der Waals surface area (Å²) in [6.45, 7) is 1.98. The molecule has 64 valence electrons. The van der Waals surface area contributed by atoms with Crippen molar-refractivity contribution >= 4 is 29.2 Å². The first-order valence-corrected chi connectivity index (χ1v) is 4.91. The molecule has 0 saturated heterocycles. The fraction of sp³-hybridized carbons (Fsp3) is 0.286. The number of hydrogen-bond acceptors (Lipinski definition) is 3. The number of halogens is 1. The van der Waals surface area contributed by atoms with Crippen LogP contribution >= 0.6 is 23.4 Å². The molecule has 1 N–H and O–H groups in total. The Morgan fingerprint density at radius 3 is 3.08 bits per heavy atom. The lowest BCUT2D eigenvalue weighted by Gasteiger charge is -2.08. The predicted octanol–water partition coefficient (Wildman–Crippen LogP) is 2.27. The Morgan fingerprint density at radius 1 is 1.75 bits per heavy atom. The van der Waals surface area contributed by atoms with Crippen LogP contribution in [0.1, 0.15) is 5.69 Å². The van der Waals surface area contributed by atoms with Crippen LogP contribution in [0.5, 0.6) is 0 Å². The molecule has 2 heterocycles. The van der Waals surface area contributed by atoms with Gasteiger partial charge in [0.2, 0.25) is 0 Å². The van der Waals surface area contributed by atoms with Crippen molar-refractivity contribution in [2.24, 2.45) is 0 Å². The number of hydrogen-bond donors (Lipinski definition) is 1. The summed E-state index contributed by atoms with van der Waals surface area (Å²) in [5, 5.41) is 7.00. The molecule has 0 aliphatic carbocycles. The Labute approximate surface area is 79.8 Å². The average Bonchev–Trinajstić information content (AvgIpc) is 2.58. The summed E-state index contributed by atoms with van der Waals surface area (Å²) in [5.41, 5.74) is 1.06. The molecule has 2 rings (SSSR count). The van der Waals surface area contributed by atoms with Gasteiger partial charge in [0.25, 0.3) is 0 Å². The van der Waals surface area contributed by atoms with Crippen molar-refractivity contribution in [2.45, 2.75) is 6.92 Å². The van der Waals surface area contributed by atoms with Gasteiger partial charge in [0.15, 0.2) is 5.82 Å². The minimum atomic E-state index is 0.815. The van der Waals surface area contributed by atoms with Crippen LogP contribution in [0.3, 0.4) is 0 Å². The lowest BCUT2D eigenvalue weighted by Crippen LogP contribution is -2.10. The smallest absolute Gasteiger partial charge is 0.155 e. The monoisotopic (exact) mass is 201 g/mol. The van der Waals surface area contributed by atoms with E-state index in [1.54, 1.807) is 11.8 Å². The van der Waals surface area contributed by atoms with Gasteiger partial charge in [0.05, 0.1) is 10.2 Å². The Hall–Kier alpha value is -0.610. The summed E-state index contributed by atoms with van der Waals surface area (Å²) in [5.74, 6) is 1.78. The van der Waals surface area contributed by atoms with Gasteiger partial charge in [-0.2, -0.15) is 5.10 Å². The summed E-state index contributed by atoms with van der Waals surface area (Å²) in [6.07, 6.45) is 1.89. The molecule has 0 unspecified atom stereocenters. The molecule has 0 atom stereocenters. The van der Waals surface area contributed by atoms with Gasteiger partial charge in [-0.3, -0.25) is 5.10 Å². The fourth-order valence-corrected chi connectivity index (χ4v) is 1.95. The van der Waals surface area contributed by atoms with E-state index in [2.05, 4.69) is 10.2 Å². The van der Waals surface area contributed by atoms with E-state index in [0.717, 1.165) is 21.8 Å². The van der Waals surface area contributed by atoms with Crippen LogP contribution in [0.25, 0.3) is 0 Å². The van der Waals surface area contributed by atoms with Crippen molar-refractivity contribution in [3.05, 3.63) is 22.3 Å². The molecule has 0 fully saturated rings. The van der Waals surface area contributed by atoms with Gasteiger partial charge in [-0.25, -0.2) is 0 Å². The molecule has 3 nitrogen and oxygen atoms in total. The van der Waals surface area contributed by atoms with Gasteiger partial charge in [-0.1, -0.05) is 23.4 Å². The van der Waals surface area contributed by atoms with Crippen molar-refractivity contribution in [1.29, 1.82) is 0 Å². The van der Waals surface area contributed by atoms with Gasteiger partial charge in [-0.15, -0.1) is 0 Å². The van der Waals surface area contributed by atoms with Gasteiger partial charge < -0.3 is 4.90 Å². The Kier molecular flexibility index (Phi) is 2.02. The molecule has 12 heavy (non-hydrogen) atoms. The Bertz CT molecular complexity index is 320. The first-order chi connectivity index (χ1) is 5.75. The van der Waals surface area contributed by atoms with Gasteiger partial charge >= 0.3 is 0 Å². The summed E-state index contributed by atoms with van der Waals surface area (Å²) < 4.78 is 0.815. The second-order valence-corrected chi connectivity index (χ2v) is 4.20. The molecule has 0 radical (unpaired) electrons. The molecule has 0 amide bonds. The van der Waals surface area contributed by atoms with E-state index >= 15 is 0 Å². The zero-order chi connectivity index (χ0) is 8.55. The van der Waals surface area contributed by atoms with Gasteiger partial charge in [0.1, 0.15) is 0 Å². The maximum atomic E-state index is 5.81. The van der Waals surface area contributed by atoms with Gasteiger partial charge in [-0.05, 0) is 6.92 Å². The Morgan fingerprint density at radius 2 is 2.58 bits per heavy atom. The van der Waals surface area contributed by atoms with Crippen LogP contribution in [0.4, 0.5) is 5.82 Å². The second kappa shape index (κ2) is 3.03. The largest absolute Gasteiger partial charge is 0.319 e. The average molecular weight is 202 g/mol. The van der Waals surface area contributed by atoms with Crippen LogP contribution < -0.4 is 4.90 Å². The van der Waals surface area contributed by atoms with Gasteiger partial charge in [0, 0.05) is 18.0 Å². The van der Waals surface area contributed by atoms with Crippen LogP contribution in [-0.2, 0) is 0 Å². The lowest BCUT2D eigenvalue weighted by atomic mass is 10.4. The van der Waals surface area contributed by atoms with E-state index < -0.39 is 0 Å². The van der Waals surface area contributed by atoms with E-state index in [0.29, 0.717) is 0 Å². The summed E-state index contributed by atoms with van der Waals surface area (Å²) in [6, 6.07) is 1.99. The third-order valence-electron chi connectivity index (χ3n) is 1.59. The van der Waals surface area contributed by atoms with E-state index in [9.17, 15) is 0 Å². The highest BCUT2D eigenvalue weighted by Crippen LogP contribution is 2.31. The molecule has 0 saturated carbocycles. The lowest BCUT2D eigenvalue weighted by molar-refractivity contribution is 1.01. The molecule has 0 bridgehead atoms. The molecule has 5 heteroatoms. The number of aromatic nitrogens is 2. The zero-order valence-corrected chi connectivity index (χ0v) is 8.11. The number of nitrogens with one attached hydrogen (secondary N) is 1. The number of aryl methyl sites for hydroxylation is 1. The SMILES string of the molecule is Cc1cc(N2C=C(Cl)SC2)n[nH]1. The number of nitrogens with zero attached hydrogens (tertiary/aromatic N) is 2. The maximum absolute atomic E-state index is 5.81. The molecule has 0 aromatic carbocycles. The summed E-state index contributed by atoms with van der Waals surface area (Å²) in [7, 11) is 0. The highest BCUT2D eigenvalue weighted by molar-refractivity contribution is 8.04. The topological polar surface area (TPSA) is 31.9 Å². The normalized spacial score (nSPS) is 16.8. The Balaban J connectivity index is 2.21. The number of anilines is 1.